The van der Waals surface area contributed by atoms with Gasteiger partial charge in [-0.15, -0.1) is 0 Å². The van der Waals surface area contributed by atoms with E-state index in [4.69, 9.17) is 11.6 Å². The fraction of sp³-hybridized carbons (Fsp3) is 0.278. The van der Waals surface area contributed by atoms with Crippen molar-refractivity contribution in [1.29, 1.82) is 0 Å². The predicted molar refractivity (Wildman–Crippen MR) is 92.6 cm³/mol. The van der Waals surface area contributed by atoms with Crippen LogP contribution in [0.15, 0.2) is 42.5 Å². The number of amides is 2. The number of hydrogen-bond acceptors (Lipinski definition) is 1. The van der Waals surface area contributed by atoms with Crippen molar-refractivity contribution in [2.45, 2.75) is 33.2 Å². The summed E-state index contributed by atoms with van der Waals surface area (Å²) in [6.45, 7) is 6.22. The van der Waals surface area contributed by atoms with Crippen molar-refractivity contribution in [2.75, 3.05) is 5.32 Å². The van der Waals surface area contributed by atoms with Gasteiger partial charge in [-0.25, -0.2) is 4.79 Å². The van der Waals surface area contributed by atoms with E-state index in [0.29, 0.717) is 5.02 Å². The lowest BCUT2D eigenvalue weighted by atomic mass is 9.99. The van der Waals surface area contributed by atoms with E-state index in [1.807, 2.05) is 0 Å². The number of nitrogens with one attached hydrogen (secondary N) is 2. The van der Waals surface area contributed by atoms with E-state index in [-0.39, 0.29) is 12.1 Å². The number of carbonyl (C=O) groups is 1. The van der Waals surface area contributed by atoms with Crippen molar-refractivity contribution < 1.29 is 4.79 Å². The molecule has 0 aliphatic rings. The second kappa shape index (κ2) is 7.32. The van der Waals surface area contributed by atoms with Crippen LogP contribution < -0.4 is 10.6 Å². The van der Waals surface area contributed by atoms with Crippen molar-refractivity contribution >= 4 is 23.3 Å². The number of carbonyl (C=O) groups excluding carboxylic acids is 1. The summed E-state index contributed by atoms with van der Waals surface area (Å²) in [5.74, 6) is 0. The third-order valence-electron chi connectivity index (χ3n) is 3.75. The molecular weight excluding hydrogens is 296 g/mol. The largest absolute Gasteiger partial charge is 0.331 e. The SMILES string of the molecule is CC[C@H](NC(=O)Nc1ccc(Cl)cc1)c1ccc(C)c(C)c1. The number of rotatable bonds is 4. The van der Waals surface area contributed by atoms with Crippen LogP contribution in [0.5, 0.6) is 0 Å². The molecule has 2 N–H and O–H groups in total. The first-order valence-corrected chi connectivity index (χ1v) is 7.77. The topological polar surface area (TPSA) is 41.1 Å². The van der Waals surface area contributed by atoms with E-state index < -0.39 is 0 Å². The summed E-state index contributed by atoms with van der Waals surface area (Å²) in [5.41, 5.74) is 4.33. The zero-order valence-corrected chi connectivity index (χ0v) is 13.9. The van der Waals surface area contributed by atoms with Crippen LogP contribution in [-0.2, 0) is 0 Å². The minimum atomic E-state index is -0.215. The molecule has 116 valence electrons. The van der Waals surface area contributed by atoms with Crippen LogP contribution in [0.1, 0.15) is 36.1 Å². The highest BCUT2D eigenvalue weighted by Gasteiger charge is 2.13. The molecule has 0 spiro atoms. The zero-order chi connectivity index (χ0) is 16.1. The summed E-state index contributed by atoms with van der Waals surface area (Å²) in [6.07, 6.45) is 0.830. The lowest BCUT2D eigenvalue weighted by molar-refractivity contribution is 0.248. The maximum Gasteiger partial charge on any atom is 0.319 e. The Balaban J connectivity index is 2.04. The van der Waals surface area contributed by atoms with E-state index in [1.54, 1.807) is 24.3 Å². The quantitative estimate of drug-likeness (QED) is 0.796. The lowest BCUT2D eigenvalue weighted by Crippen LogP contribution is -2.32. The molecule has 2 aromatic carbocycles. The van der Waals surface area contributed by atoms with E-state index >= 15 is 0 Å². The maximum atomic E-state index is 12.1. The average molecular weight is 317 g/mol. The predicted octanol–water partition coefficient (Wildman–Crippen LogP) is 5.23. The van der Waals surface area contributed by atoms with Gasteiger partial charge in [0.2, 0.25) is 0 Å². The minimum Gasteiger partial charge on any atom is -0.331 e. The van der Waals surface area contributed by atoms with Crippen LogP contribution in [0.4, 0.5) is 10.5 Å². The molecule has 2 rings (SSSR count). The second-order valence-corrected chi connectivity index (χ2v) is 5.85. The number of anilines is 1. The number of benzene rings is 2. The van der Waals surface area contributed by atoms with Gasteiger partial charge < -0.3 is 10.6 Å². The number of halogens is 1. The molecule has 0 saturated heterocycles. The molecule has 0 aromatic heterocycles. The Labute approximate surface area is 136 Å². The van der Waals surface area contributed by atoms with E-state index in [9.17, 15) is 4.79 Å². The molecular formula is C18H21ClN2O. The van der Waals surface area contributed by atoms with Crippen molar-refractivity contribution in [3.05, 3.63) is 64.2 Å². The van der Waals surface area contributed by atoms with Gasteiger partial charge in [-0.1, -0.05) is 36.7 Å². The van der Waals surface area contributed by atoms with Gasteiger partial charge in [0.1, 0.15) is 0 Å². The summed E-state index contributed by atoms with van der Waals surface area (Å²) in [4.78, 5) is 12.1. The van der Waals surface area contributed by atoms with E-state index in [1.165, 1.54) is 11.1 Å². The van der Waals surface area contributed by atoms with E-state index in [0.717, 1.165) is 17.7 Å². The van der Waals surface area contributed by atoms with Gasteiger partial charge in [0, 0.05) is 10.7 Å². The molecule has 3 nitrogen and oxygen atoms in total. The van der Waals surface area contributed by atoms with Crippen molar-refractivity contribution in [3.8, 4) is 0 Å². The van der Waals surface area contributed by atoms with Gasteiger partial charge in [0.05, 0.1) is 6.04 Å². The molecule has 0 heterocycles. The van der Waals surface area contributed by atoms with Crippen LogP contribution >= 0.6 is 11.6 Å². The Kier molecular flexibility index (Phi) is 5.45. The van der Waals surface area contributed by atoms with E-state index in [2.05, 4.69) is 49.6 Å². The number of urea groups is 1. The first-order valence-electron chi connectivity index (χ1n) is 7.40. The minimum absolute atomic E-state index is 0.00778. The molecule has 0 aliphatic heterocycles. The highest BCUT2D eigenvalue weighted by atomic mass is 35.5. The molecule has 22 heavy (non-hydrogen) atoms. The normalized spacial score (nSPS) is 11.8. The van der Waals surface area contributed by atoms with Crippen LogP contribution in [0.25, 0.3) is 0 Å². The Bertz CT molecular complexity index is 653. The van der Waals surface area contributed by atoms with Gasteiger partial charge in [0.15, 0.2) is 0 Å². The lowest BCUT2D eigenvalue weighted by Gasteiger charge is -2.19. The van der Waals surface area contributed by atoms with Crippen LogP contribution in [0, 0.1) is 13.8 Å². The molecule has 0 saturated carbocycles. The van der Waals surface area contributed by atoms with Crippen molar-refractivity contribution in [1.82, 2.24) is 5.32 Å². The molecule has 0 bridgehead atoms. The Morgan fingerprint density at radius 1 is 1.09 bits per heavy atom. The third kappa shape index (κ3) is 4.25. The number of aryl methyl sites for hydroxylation is 2. The molecule has 4 heteroatoms. The second-order valence-electron chi connectivity index (χ2n) is 5.41. The molecule has 0 unspecified atom stereocenters. The summed E-state index contributed by atoms with van der Waals surface area (Å²) in [5, 5.41) is 6.48. The molecule has 0 aliphatic carbocycles. The molecule has 0 fully saturated rings. The number of hydrogen-bond donors (Lipinski definition) is 2. The van der Waals surface area contributed by atoms with Gasteiger partial charge in [-0.05, 0) is 61.2 Å². The molecule has 1 atom stereocenters. The van der Waals surface area contributed by atoms with Gasteiger partial charge >= 0.3 is 6.03 Å². The summed E-state index contributed by atoms with van der Waals surface area (Å²) in [7, 11) is 0. The van der Waals surface area contributed by atoms with Crippen LogP contribution in [0.2, 0.25) is 5.02 Å². The highest BCUT2D eigenvalue weighted by molar-refractivity contribution is 6.30. The van der Waals surface area contributed by atoms with Crippen LogP contribution in [0.3, 0.4) is 0 Å². The smallest absolute Gasteiger partial charge is 0.319 e. The third-order valence-corrected chi connectivity index (χ3v) is 4.00. The molecule has 2 amide bonds. The monoisotopic (exact) mass is 316 g/mol. The van der Waals surface area contributed by atoms with Crippen molar-refractivity contribution in [3.63, 3.8) is 0 Å². The van der Waals surface area contributed by atoms with Crippen molar-refractivity contribution in [2.24, 2.45) is 0 Å². The molecule has 2 aromatic rings. The van der Waals surface area contributed by atoms with Gasteiger partial charge in [-0.3, -0.25) is 0 Å². The maximum absolute atomic E-state index is 12.1. The standard InChI is InChI=1S/C18H21ClN2O/c1-4-17(14-6-5-12(2)13(3)11-14)21-18(22)20-16-9-7-15(19)8-10-16/h5-11,17H,4H2,1-3H3,(H2,20,21,22)/t17-/m0/s1. The highest BCUT2D eigenvalue weighted by Crippen LogP contribution is 2.20. The Morgan fingerprint density at radius 2 is 1.77 bits per heavy atom. The fourth-order valence-electron chi connectivity index (χ4n) is 2.26. The summed E-state index contributed by atoms with van der Waals surface area (Å²) < 4.78 is 0. The van der Waals surface area contributed by atoms with Gasteiger partial charge in [0.25, 0.3) is 0 Å². The average Bonchev–Trinajstić information content (AvgIpc) is 2.50. The Hall–Kier alpha value is -2.00. The zero-order valence-electron chi connectivity index (χ0n) is 13.1. The van der Waals surface area contributed by atoms with Crippen LogP contribution in [-0.4, -0.2) is 6.03 Å². The van der Waals surface area contributed by atoms with Gasteiger partial charge in [-0.2, -0.15) is 0 Å². The fourth-order valence-corrected chi connectivity index (χ4v) is 2.39. The Morgan fingerprint density at radius 3 is 2.36 bits per heavy atom. The first-order chi connectivity index (χ1) is 10.5. The summed E-state index contributed by atoms with van der Waals surface area (Å²) >= 11 is 5.83. The molecule has 0 radical (unpaired) electrons. The first kappa shape index (κ1) is 16.4. The summed E-state index contributed by atoms with van der Waals surface area (Å²) in [6, 6.07) is 13.1.